The Bertz CT molecular complexity index is 1160. The number of hydrogen-bond acceptors (Lipinski definition) is 6. The number of benzene rings is 1. The zero-order valence-electron chi connectivity index (χ0n) is 19.4. The second-order valence-electron chi connectivity index (χ2n) is 10.1. The predicted octanol–water partition coefficient (Wildman–Crippen LogP) is 3.20. The average Bonchev–Trinajstić information content (AvgIpc) is 3.23. The topological polar surface area (TPSA) is 106 Å². The van der Waals surface area contributed by atoms with Crippen molar-refractivity contribution >= 4 is 17.4 Å². The number of hydrogen-bond donors (Lipinski definition) is 1. The number of Topliss-reactive ketones (excluding diaryl/α,β-unsaturated/α-hetero) is 1. The maximum absolute atomic E-state index is 13.4. The van der Waals surface area contributed by atoms with Crippen LogP contribution in [0.5, 0.6) is 0 Å². The molecule has 1 N–H and O–H groups in total. The SMILES string of the molecule is C[C@@H](C(=O)N1C[C@@H]2C[C@@H](C1)c1ccc(N([O-])O)c(=O)n1C2)c1ccc(C[C@@H]2CCCC2=O)cc1. The highest BCUT2D eigenvalue weighted by Gasteiger charge is 2.38. The van der Waals surface area contributed by atoms with Gasteiger partial charge in [0.1, 0.15) is 11.5 Å². The summed E-state index contributed by atoms with van der Waals surface area (Å²) in [6.07, 6.45) is 4.33. The number of carbonyl (C=O) groups excluding carboxylic acids is 2. The van der Waals surface area contributed by atoms with E-state index in [4.69, 9.17) is 0 Å². The lowest BCUT2D eigenvalue weighted by molar-refractivity contribution is -0.135. The van der Waals surface area contributed by atoms with Crippen LogP contribution in [0.15, 0.2) is 41.2 Å². The number of aromatic nitrogens is 1. The van der Waals surface area contributed by atoms with Gasteiger partial charge in [-0.15, -0.1) is 0 Å². The summed E-state index contributed by atoms with van der Waals surface area (Å²) >= 11 is 0. The van der Waals surface area contributed by atoms with Crippen molar-refractivity contribution in [2.24, 2.45) is 11.8 Å². The van der Waals surface area contributed by atoms with Gasteiger partial charge in [-0.05, 0) is 61.8 Å². The van der Waals surface area contributed by atoms with E-state index in [1.54, 1.807) is 10.6 Å². The van der Waals surface area contributed by atoms with Gasteiger partial charge in [0.05, 0.1) is 5.92 Å². The first kappa shape index (κ1) is 22.8. The molecule has 0 spiro atoms. The molecule has 2 fully saturated rings. The van der Waals surface area contributed by atoms with Gasteiger partial charge >= 0.3 is 0 Å². The van der Waals surface area contributed by atoms with Crippen molar-refractivity contribution in [2.75, 3.05) is 18.3 Å². The zero-order valence-corrected chi connectivity index (χ0v) is 19.4. The molecule has 1 aliphatic carbocycles. The van der Waals surface area contributed by atoms with E-state index in [-0.39, 0.29) is 40.5 Å². The summed E-state index contributed by atoms with van der Waals surface area (Å²) in [6, 6.07) is 11.1. The largest absolute Gasteiger partial charge is 0.733 e. The Kier molecular flexibility index (Phi) is 6.04. The van der Waals surface area contributed by atoms with Gasteiger partial charge in [0.25, 0.3) is 5.56 Å². The predicted molar refractivity (Wildman–Crippen MR) is 127 cm³/mol. The molecule has 4 atom stereocenters. The van der Waals surface area contributed by atoms with Crippen molar-refractivity contribution in [2.45, 2.75) is 57.4 Å². The fourth-order valence-corrected chi connectivity index (χ4v) is 6.01. The van der Waals surface area contributed by atoms with E-state index < -0.39 is 5.56 Å². The van der Waals surface area contributed by atoms with E-state index >= 15 is 0 Å². The Labute approximate surface area is 198 Å². The number of piperidine rings is 1. The highest BCUT2D eigenvalue weighted by molar-refractivity contribution is 5.84. The summed E-state index contributed by atoms with van der Waals surface area (Å²) < 4.78 is 1.58. The smallest absolute Gasteiger partial charge is 0.275 e. The molecular weight excluding hydrogens is 434 g/mol. The molecule has 1 saturated carbocycles. The van der Waals surface area contributed by atoms with E-state index in [9.17, 15) is 24.8 Å². The molecule has 0 radical (unpaired) electrons. The number of amides is 1. The summed E-state index contributed by atoms with van der Waals surface area (Å²) in [6.45, 7) is 3.45. The molecule has 0 unspecified atom stereocenters. The first-order chi connectivity index (χ1) is 16.3. The monoisotopic (exact) mass is 464 g/mol. The van der Waals surface area contributed by atoms with Gasteiger partial charge in [0.15, 0.2) is 0 Å². The molecule has 3 aliphatic rings. The summed E-state index contributed by atoms with van der Waals surface area (Å²) in [7, 11) is 0. The number of rotatable bonds is 5. The molecule has 5 rings (SSSR count). The van der Waals surface area contributed by atoms with Crippen molar-refractivity contribution in [1.82, 2.24) is 9.47 Å². The van der Waals surface area contributed by atoms with Gasteiger partial charge in [-0.3, -0.25) is 19.6 Å². The Morgan fingerprint density at radius 2 is 1.91 bits per heavy atom. The Morgan fingerprint density at radius 1 is 1.15 bits per heavy atom. The Hall–Kier alpha value is -2.97. The van der Waals surface area contributed by atoms with Crippen LogP contribution in [0.3, 0.4) is 0 Å². The summed E-state index contributed by atoms with van der Waals surface area (Å²) in [5, 5.41) is 20.1. The quantitative estimate of drug-likeness (QED) is 0.681. The standard InChI is InChI=1S/C26H30N3O5/c1-16(19-7-5-17(6-8-19)11-20-3-2-4-24(20)30)25(31)27-13-18-12-21(15-27)22-9-10-23(29(33)34)26(32)28(22)14-18/h5-10,16,18,20-21,33H,2-4,11-15H2,1H3/q-1/t16-,18+,20+,21+/m1/s1. The van der Waals surface area contributed by atoms with Crippen LogP contribution in [0.25, 0.3) is 0 Å². The van der Waals surface area contributed by atoms with Crippen LogP contribution < -0.4 is 10.8 Å². The minimum Gasteiger partial charge on any atom is -0.733 e. The van der Waals surface area contributed by atoms with Gasteiger partial charge in [0.2, 0.25) is 5.91 Å². The van der Waals surface area contributed by atoms with E-state index in [0.717, 1.165) is 42.5 Å². The Balaban J connectivity index is 1.28. The van der Waals surface area contributed by atoms with Crippen LogP contribution in [0, 0.1) is 17.0 Å². The van der Waals surface area contributed by atoms with Crippen molar-refractivity contribution in [3.05, 3.63) is 68.8 Å². The van der Waals surface area contributed by atoms with E-state index in [0.29, 0.717) is 31.8 Å². The molecule has 2 bridgehead atoms. The lowest BCUT2D eigenvalue weighted by Crippen LogP contribution is -2.50. The number of carbonyl (C=O) groups is 2. The van der Waals surface area contributed by atoms with Gasteiger partial charge in [-0.1, -0.05) is 24.3 Å². The first-order valence-electron chi connectivity index (χ1n) is 12.1. The Morgan fingerprint density at radius 3 is 2.59 bits per heavy atom. The average molecular weight is 465 g/mol. The van der Waals surface area contributed by atoms with Crippen LogP contribution in [-0.4, -0.2) is 39.5 Å². The molecule has 8 heteroatoms. The molecule has 1 saturated heterocycles. The van der Waals surface area contributed by atoms with Crippen LogP contribution in [0.4, 0.5) is 5.69 Å². The van der Waals surface area contributed by atoms with Crippen LogP contribution in [-0.2, 0) is 22.6 Å². The third kappa shape index (κ3) is 4.16. The molecule has 8 nitrogen and oxygen atoms in total. The minimum absolute atomic E-state index is 0.0236. The number of pyridine rings is 1. The van der Waals surface area contributed by atoms with Gasteiger partial charge in [0, 0.05) is 43.6 Å². The summed E-state index contributed by atoms with van der Waals surface area (Å²) in [5.74, 6) is 0.440. The van der Waals surface area contributed by atoms with Crippen molar-refractivity contribution in [1.29, 1.82) is 0 Å². The van der Waals surface area contributed by atoms with Crippen LogP contribution in [0.2, 0.25) is 0 Å². The third-order valence-electron chi connectivity index (χ3n) is 7.87. The summed E-state index contributed by atoms with van der Waals surface area (Å²) in [4.78, 5) is 39.9. The molecular formula is C26H30N3O5-. The number of ketones is 1. The van der Waals surface area contributed by atoms with Crippen LogP contribution in [0.1, 0.15) is 61.3 Å². The highest BCUT2D eigenvalue weighted by atomic mass is 16.8. The molecule has 34 heavy (non-hydrogen) atoms. The molecule has 1 aromatic heterocycles. The molecule has 180 valence electrons. The van der Waals surface area contributed by atoms with Gasteiger partial charge in [-0.2, -0.15) is 0 Å². The molecule has 2 aliphatic heterocycles. The number of likely N-dealkylation sites (tertiary alicyclic amines) is 1. The maximum atomic E-state index is 13.4. The van der Waals surface area contributed by atoms with Crippen molar-refractivity contribution in [3.8, 4) is 0 Å². The highest BCUT2D eigenvalue weighted by Crippen LogP contribution is 2.37. The normalized spacial score (nSPS) is 24.6. The lowest BCUT2D eigenvalue weighted by Gasteiger charge is -2.43. The first-order valence-corrected chi connectivity index (χ1v) is 12.1. The number of nitrogens with zero attached hydrogens (tertiary/aromatic N) is 3. The minimum atomic E-state index is -0.489. The summed E-state index contributed by atoms with van der Waals surface area (Å²) in [5.41, 5.74) is 2.13. The van der Waals surface area contributed by atoms with Gasteiger partial charge in [-0.25, -0.2) is 0 Å². The molecule has 1 amide bonds. The molecule has 1 aromatic carbocycles. The second-order valence-corrected chi connectivity index (χ2v) is 10.1. The van der Waals surface area contributed by atoms with Crippen molar-refractivity contribution in [3.63, 3.8) is 0 Å². The van der Waals surface area contributed by atoms with E-state index in [1.807, 2.05) is 36.1 Å². The van der Waals surface area contributed by atoms with Crippen molar-refractivity contribution < 1.29 is 14.8 Å². The van der Waals surface area contributed by atoms with E-state index in [1.165, 1.54) is 6.07 Å². The number of anilines is 1. The van der Waals surface area contributed by atoms with Crippen LogP contribution >= 0.6 is 0 Å². The third-order valence-corrected chi connectivity index (χ3v) is 7.87. The zero-order chi connectivity index (χ0) is 24.0. The van der Waals surface area contributed by atoms with Gasteiger partial charge < -0.3 is 19.9 Å². The lowest BCUT2D eigenvalue weighted by atomic mass is 9.82. The second kappa shape index (κ2) is 9.00. The molecule has 2 aromatic rings. The fourth-order valence-electron chi connectivity index (χ4n) is 6.01. The number of fused-ring (bicyclic) bond motifs is 4. The fraction of sp³-hybridized carbons (Fsp3) is 0.500. The van der Waals surface area contributed by atoms with E-state index in [2.05, 4.69) is 0 Å². The maximum Gasteiger partial charge on any atom is 0.275 e. The molecule has 3 heterocycles.